The van der Waals surface area contributed by atoms with E-state index in [-0.39, 0.29) is 37.4 Å². The molecule has 43 heavy (non-hydrogen) atoms. The summed E-state index contributed by atoms with van der Waals surface area (Å²) in [5.41, 5.74) is 1.65. The summed E-state index contributed by atoms with van der Waals surface area (Å²) in [7, 11) is 0. The van der Waals surface area contributed by atoms with Crippen molar-refractivity contribution in [2.45, 2.75) is 136 Å². The predicted molar refractivity (Wildman–Crippen MR) is 166 cm³/mol. The molecule has 0 radical (unpaired) electrons. The molecule has 9 unspecified atom stereocenters. The minimum atomic E-state index is -0.146. The third-order valence-electron chi connectivity index (χ3n) is 15.1. The molecule has 7 heteroatoms. The average molecular weight is 601 g/mol. The number of morpholine rings is 1. The third kappa shape index (κ3) is 4.29. The number of hydrogen-bond acceptors (Lipinski definition) is 6. The zero-order valence-electron chi connectivity index (χ0n) is 27.6. The van der Waals surface area contributed by atoms with Gasteiger partial charge in [0.25, 0.3) is 0 Å². The van der Waals surface area contributed by atoms with Crippen molar-refractivity contribution in [3.05, 3.63) is 0 Å². The van der Waals surface area contributed by atoms with E-state index >= 15 is 0 Å². The number of nitrogens with zero attached hydrogens (tertiary/aromatic N) is 1. The normalized spacial score (nSPS) is 50.3. The van der Waals surface area contributed by atoms with Gasteiger partial charge in [-0.3, -0.25) is 0 Å². The Morgan fingerprint density at radius 2 is 1.79 bits per heavy atom. The van der Waals surface area contributed by atoms with Gasteiger partial charge in [-0.25, -0.2) is 4.79 Å². The van der Waals surface area contributed by atoms with Crippen LogP contribution in [0.2, 0.25) is 0 Å². The molecule has 3 saturated heterocycles. The first-order valence-electron chi connectivity index (χ1n) is 18.2. The van der Waals surface area contributed by atoms with Gasteiger partial charge in [0.2, 0.25) is 0 Å². The molecule has 0 aromatic carbocycles. The molecule has 3 heterocycles. The molecular formula is C36H60N2O5. The van der Waals surface area contributed by atoms with Crippen LogP contribution in [0.3, 0.4) is 0 Å². The molecule has 5 saturated carbocycles. The number of hydrogen-bond donors (Lipinski definition) is 1. The highest BCUT2D eigenvalue weighted by molar-refractivity contribution is 5.68. The van der Waals surface area contributed by atoms with Crippen LogP contribution in [0.1, 0.15) is 107 Å². The molecule has 8 aliphatic rings. The second kappa shape index (κ2) is 10.3. The van der Waals surface area contributed by atoms with E-state index < -0.39 is 0 Å². The smallest absolute Gasteiger partial charge is 0.410 e. The lowest BCUT2D eigenvalue weighted by atomic mass is 9.46. The summed E-state index contributed by atoms with van der Waals surface area (Å²) in [6.07, 6.45) is 14.4. The Hall–Kier alpha value is -0.890. The Bertz CT molecular complexity index is 1090. The van der Waals surface area contributed by atoms with E-state index in [4.69, 9.17) is 18.9 Å². The number of fused-ring (bicyclic) bond motifs is 4. The number of carbonyl (C=O) groups is 1. The summed E-state index contributed by atoms with van der Waals surface area (Å²) in [5.74, 6) is 3.30. The highest BCUT2D eigenvalue weighted by Crippen LogP contribution is 2.87. The van der Waals surface area contributed by atoms with Crippen molar-refractivity contribution in [1.82, 2.24) is 10.2 Å². The largest absolute Gasteiger partial charge is 0.443 e. The second-order valence-corrected chi connectivity index (χ2v) is 17.4. The molecule has 7 nitrogen and oxygen atoms in total. The molecule has 5 aliphatic carbocycles. The summed E-state index contributed by atoms with van der Waals surface area (Å²) in [6.45, 7) is 16.3. The molecule has 8 fully saturated rings. The van der Waals surface area contributed by atoms with Crippen LogP contribution in [0.15, 0.2) is 0 Å². The molecule has 12 atom stereocenters. The maximum atomic E-state index is 12.8. The van der Waals surface area contributed by atoms with Gasteiger partial charge in [0, 0.05) is 27.6 Å². The fourth-order valence-corrected chi connectivity index (χ4v) is 12.9. The van der Waals surface area contributed by atoms with Crippen molar-refractivity contribution in [2.75, 3.05) is 32.8 Å². The highest BCUT2D eigenvalue weighted by atomic mass is 16.7. The standard InChI is InChI=1S/C36H58N2O5.H2/c1-22(2)31(43-32(39)38-16-6-17-38)26-9-7-24-27(41-26)19-25-23-8-10-28-33(3,4)29(42-30-20-37-15-18-40-30)11-12-36(28)21-35(23,36)14-13-34(24,25)5;/h22-31,37H,6-21H2,1-5H3;1H/t23?,24?,25?,26?,27?,28?,29-,30?,31-,34?,35-,36?;/m0./s1. The molecular weight excluding hydrogens is 540 g/mol. The first kappa shape index (κ1) is 29.5. The Kier molecular flexibility index (Phi) is 7.07. The number of ether oxygens (including phenoxy) is 4. The fraction of sp³-hybridized carbons (Fsp3) is 0.972. The van der Waals surface area contributed by atoms with E-state index in [9.17, 15) is 4.79 Å². The summed E-state index contributed by atoms with van der Waals surface area (Å²) >= 11 is 0. The maximum absolute atomic E-state index is 12.8. The number of rotatable bonds is 5. The fourth-order valence-electron chi connectivity index (χ4n) is 12.9. The van der Waals surface area contributed by atoms with Crippen LogP contribution in [-0.4, -0.2) is 74.5 Å². The van der Waals surface area contributed by atoms with Crippen LogP contribution in [0.5, 0.6) is 0 Å². The molecule has 0 bridgehead atoms. The summed E-state index contributed by atoms with van der Waals surface area (Å²) in [6, 6.07) is 0. The van der Waals surface area contributed by atoms with Gasteiger partial charge >= 0.3 is 6.09 Å². The number of nitrogens with one attached hydrogen (secondary N) is 1. The molecule has 1 amide bonds. The summed E-state index contributed by atoms with van der Waals surface area (Å²) in [4.78, 5) is 14.6. The van der Waals surface area contributed by atoms with Crippen molar-refractivity contribution < 1.29 is 25.2 Å². The zero-order chi connectivity index (χ0) is 29.8. The summed E-state index contributed by atoms with van der Waals surface area (Å²) < 4.78 is 25.9. The molecule has 3 aliphatic heterocycles. The van der Waals surface area contributed by atoms with E-state index in [0.717, 1.165) is 63.4 Å². The summed E-state index contributed by atoms with van der Waals surface area (Å²) in [5, 5.41) is 3.45. The lowest BCUT2D eigenvalue weighted by Gasteiger charge is -2.60. The van der Waals surface area contributed by atoms with Gasteiger partial charge < -0.3 is 29.2 Å². The van der Waals surface area contributed by atoms with Crippen LogP contribution in [0.25, 0.3) is 0 Å². The first-order valence-corrected chi connectivity index (χ1v) is 18.2. The average Bonchev–Trinajstić information content (AvgIpc) is 3.52. The van der Waals surface area contributed by atoms with Crippen molar-refractivity contribution in [3.63, 3.8) is 0 Å². The van der Waals surface area contributed by atoms with Crippen LogP contribution >= 0.6 is 0 Å². The molecule has 2 spiro atoms. The van der Waals surface area contributed by atoms with Crippen LogP contribution in [-0.2, 0) is 18.9 Å². The Labute approximate surface area is 261 Å². The molecule has 1 N–H and O–H groups in total. The van der Waals surface area contributed by atoms with E-state index in [0.29, 0.717) is 34.4 Å². The number of carbonyl (C=O) groups excluding carboxylic acids is 1. The molecule has 0 aromatic rings. The number of likely N-dealkylation sites (tertiary alicyclic amines) is 1. The zero-order valence-corrected chi connectivity index (χ0v) is 27.6. The molecule has 0 aromatic heterocycles. The minimum Gasteiger partial charge on any atom is -0.443 e. The van der Waals surface area contributed by atoms with Gasteiger partial charge in [-0.2, -0.15) is 0 Å². The monoisotopic (exact) mass is 600 g/mol. The lowest BCUT2D eigenvalue weighted by Crippen LogP contribution is -2.56. The van der Waals surface area contributed by atoms with E-state index in [1.54, 1.807) is 0 Å². The van der Waals surface area contributed by atoms with Crippen molar-refractivity contribution in [1.29, 1.82) is 0 Å². The Morgan fingerprint density at radius 1 is 0.977 bits per heavy atom. The molecule has 8 rings (SSSR count). The van der Waals surface area contributed by atoms with Crippen molar-refractivity contribution in [3.8, 4) is 0 Å². The third-order valence-corrected chi connectivity index (χ3v) is 15.1. The van der Waals surface area contributed by atoms with E-state index in [1.165, 1.54) is 57.8 Å². The maximum Gasteiger partial charge on any atom is 0.410 e. The van der Waals surface area contributed by atoms with Gasteiger partial charge in [0.1, 0.15) is 6.10 Å². The Balaban J connectivity index is 0.00000312. The van der Waals surface area contributed by atoms with Crippen LogP contribution in [0, 0.1) is 51.2 Å². The first-order chi connectivity index (χ1) is 20.6. The van der Waals surface area contributed by atoms with Gasteiger partial charge in [-0.05, 0) is 122 Å². The van der Waals surface area contributed by atoms with E-state index in [1.807, 2.05) is 4.90 Å². The number of amides is 1. The van der Waals surface area contributed by atoms with E-state index in [2.05, 4.69) is 39.9 Å². The van der Waals surface area contributed by atoms with Gasteiger partial charge in [-0.15, -0.1) is 0 Å². The van der Waals surface area contributed by atoms with Gasteiger partial charge in [-0.1, -0.05) is 34.6 Å². The Morgan fingerprint density at radius 3 is 2.51 bits per heavy atom. The van der Waals surface area contributed by atoms with Gasteiger partial charge in [0.15, 0.2) is 6.29 Å². The van der Waals surface area contributed by atoms with Gasteiger partial charge in [0.05, 0.1) is 24.9 Å². The van der Waals surface area contributed by atoms with Crippen LogP contribution < -0.4 is 5.32 Å². The lowest BCUT2D eigenvalue weighted by molar-refractivity contribution is -0.232. The topological polar surface area (TPSA) is 69.3 Å². The second-order valence-electron chi connectivity index (χ2n) is 17.4. The molecule has 244 valence electrons. The minimum absolute atomic E-state index is 0. The van der Waals surface area contributed by atoms with Crippen LogP contribution in [0.4, 0.5) is 4.79 Å². The highest BCUT2D eigenvalue weighted by Gasteiger charge is 2.80. The van der Waals surface area contributed by atoms with Crippen molar-refractivity contribution in [2.24, 2.45) is 51.2 Å². The SMILES string of the molecule is CC(C)[C@H](OC(=O)N1CCC1)C1CCC2C(CC3C4CCC5C(C)(C)[C@@H](OC6CNCCO6)CCC56C[C@@]46CCC23C)O1.[HH]. The predicted octanol–water partition coefficient (Wildman–Crippen LogP) is 6.64. The quantitative estimate of drug-likeness (QED) is 0.382. The van der Waals surface area contributed by atoms with Crippen molar-refractivity contribution >= 4 is 6.09 Å².